The molecule has 0 aliphatic carbocycles. The topological polar surface area (TPSA) is 178 Å². The molecule has 3 aromatic rings. The molecule has 0 amide bonds. The molecule has 0 saturated heterocycles. The summed E-state index contributed by atoms with van der Waals surface area (Å²) in [5.74, 6) is -1.37. The van der Waals surface area contributed by atoms with Gasteiger partial charge in [-0.2, -0.15) is 9.61 Å². The number of nitrogen functional groups attached to an aromatic ring is 1. The molecule has 0 radical (unpaired) electrons. The van der Waals surface area contributed by atoms with E-state index in [0.29, 0.717) is 28.9 Å². The third-order valence-electron chi connectivity index (χ3n) is 4.17. The fraction of sp³-hybridized carbons (Fsp3) is 0.278. The Kier molecular flexibility index (Phi) is 9.19. The molecule has 3 rings (SSSR count). The third-order valence-corrected chi connectivity index (χ3v) is 5.00. The van der Waals surface area contributed by atoms with Gasteiger partial charge in [-0.05, 0) is 25.1 Å². The number of carbonyl (C=O) groups is 1. The number of nitrogens with zero attached hydrogens (tertiary/aromatic N) is 5. The van der Waals surface area contributed by atoms with Crippen molar-refractivity contribution in [1.29, 1.82) is 0 Å². The summed E-state index contributed by atoms with van der Waals surface area (Å²) in [6.45, 7) is 7.45. The van der Waals surface area contributed by atoms with Crippen molar-refractivity contribution in [3.63, 3.8) is 0 Å². The van der Waals surface area contributed by atoms with Crippen LogP contribution in [0.15, 0.2) is 39.4 Å². The maximum absolute atomic E-state index is 11.4. The number of carbonyl (C=O) groups excluding carboxylic acids is 1. The molecule has 2 heterocycles. The number of rotatable bonds is 4. The van der Waals surface area contributed by atoms with Crippen LogP contribution >= 0.6 is 0 Å². The van der Waals surface area contributed by atoms with E-state index in [1.54, 1.807) is 13.0 Å². The molecular formula is C18H18N6Na2O5S. The average Bonchev–Trinajstić information content (AvgIpc) is 2.98. The first-order valence-corrected chi connectivity index (χ1v) is 10.1. The van der Waals surface area contributed by atoms with Crippen LogP contribution in [0.2, 0.25) is 0 Å². The first-order valence-electron chi connectivity index (χ1n) is 8.68. The van der Waals surface area contributed by atoms with E-state index < -0.39 is 32.0 Å². The van der Waals surface area contributed by atoms with Crippen molar-refractivity contribution in [2.24, 2.45) is 10.2 Å². The first kappa shape index (κ1) is 28.7. The van der Waals surface area contributed by atoms with E-state index >= 15 is 0 Å². The van der Waals surface area contributed by atoms with E-state index in [9.17, 15) is 22.9 Å². The summed E-state index contributed by atoms with van der Waals surface area (Å²) in [5.41, 5.74) is 6.52. The standard InChI is InChI=1S/C18H20N6O5S.2Na/c1-9-7-13(19)24-16(20-9)14(15(23-24)18(2,3)4)22-21-12-6-5-10(30(27,28)29)8-11(12)17(25)26;;/h5-8H,19H2,1-4H3,(H,25,26)(H,27,28,29);;/q;2*+1/p-2. The van der Waals surface area contributed by atoms with Crippen LogP contribution in [-0.4, -0.2) is 33.5 Å². The fourth-order valence-electron chi connectivity index (χ4n) is 2.78. The summed E-state index contributed by atoms with van der Waals surface area (Å²) in [5, 5.41) is 24.0. The zero-order valence-electron chi connectivity index (χ0n) is 18.6. The number of carboxylic acid groups (broad SMARTS) is 1. The van der Waals surface area contributed by atoms with E-state index in [1.807, 2.05) is 20.8 Å². The SMILES string of the molecule is Cc1cc(N)n2nc(C(C)(C)C)c(N=Nc3ccc(S(=O)(=O)[O-])cc3C(=O)[O-])c2n1.[Na+].[Na+]. The fourth-order valence-corrected chi connectivity index (χ4v) is 3.28. The van der Waals surface area contributed by atoms with Crippen LogP contribution in [0.5, 0.6) is 0 Å². The molecule has 14 heteroatoms. The van der Waals surface area contributed by atoms with Crippen molar-refractivity contribution in [3.8, 4) is 0 Å². The number of carboxylic acids is 1. The smallest absolute Gasteiger partial charge is 0.744 e. The number of azo groups is 1. The van der Waals surface area contributed by atoms with Gasteiger partial charge in [0.1, 0.15) is 15.9 Å². The van der Waals surface area contributed by atoms with Crippen LogP contribution in [0, 0.1) is 6.92 Å². The van der Waals surface area contributed by atoms with E-state index in [-0.39, 0.29) is 70.5 Å². The second kappa shape index (κ2) is 10.3. The average molecular weight is 476 g/mol. The normalized spacial score (nSPS) is 11.9. The second-order valence-corrected chi connectivity index (χ2v) is 9.01. The molecule has 32 heavy (non-hydrogen) atoms. The van der Waals surface area contributed by atoms with Gasteiger partial charge in [-0.25, -0.2) is 13.4 Å². The van der Waals surface area contributed by atoms with Crippen LogP contribution in [0.1, 0.15) is 42.5 Å². The molecule has 2 N–H and O–H groups in total. The minimum atomic E-state index is -4.85. The molecule has 0 spiro atoms. The van der Waals surface area contributed by atoms with Crippen LogP contribution < -0.4 is 70.0 Å². The molecule has 0 saturated carbocycles. The van der Waals surface area contributed by atoms with Gasteiger partial charge in [0.25, 0.3) is 0 Å². The van der Waals surface area contributed by atoms with Gasteiger partial charge in [0.15, 0.2) is 11.3 Å². The van der Waals surface area contributed by atoms with Gasteiger partial charge >= 0.3 is 59.1 Å². The summed E-state index contributed by atoms with van der Waals surface area (Å²) in [4.78, 5) is 15.1. The summed E-state index contributed by atoms with van der Waals surface area (Å²) >= 11 is 0. The molecule has 158 valence electrons. The van der Waals surface area contributed by atoms with E-state index in [2.05, 4.69) is 20.3 Å². The first-order chi connectivity index (χ1) is 13.8. The van der Waals surface area contributed by atoms with Gasteiger partial charge in [0.05, 0.1) is 22.2 Å². The van der Waals surface area contributed by atoms with E-state index in [1.165, 1.54) is 4.52 Å². The maximum atomic E-state index is 11.4. The number of aromatic nitrogens is 3. The number of anilines is 1. The van der Waals surface area contributed by atoms with Crippen molar-refractivity contribution in [3.05, 3.63) is 41.2 Å². The Balaban J connectivity index is 0.00000256. The van der Waals surface area contributed by atoms with Crippen molar-refractivity contribution in [1.82, 2.24) is 14.6 Å². The second-order valence-electron chi connectivity index (χ2n) is 7.63. The van der Waals surface area contributed by atoms with Gasteiger partial charge < -0.3 is 20.2 Å². The Morgan fingerprint density at radius 1 is 1.16 bits per heavy atom. The Hall–Kier alpha value is -1.38. The Labute approximate surface area is 228 Å². The van der Waals surface area contributed by atoms with Crippen LogP contribution in [0.4, 0.5) is 17.2 Å². The molecule has 0 aliphatic heterocycles. The largest absolute Gasteiger partial charge is 1.00 e. The van der Waals surface area contributed by atoms with Gasteiger partial charge in [-0.3, -0.25) is 0 Å². The molecule has 0 fully saturated rings. The summed E-state index contributed by atoms with van der Waals surface area (Å²) in [6, 6.07) is 4.34. The van der Waals surface area contributed by atoms with Gasteiger partial charge in [0.2, 0.25) is 0 Å². The molecule has 1 aromatic carbocycles. The number of fused-ring (bicyclic) bond motifs is 1. The number of hydrogen-bond acceptors (Lipinski definition) is 10. The quantitative estimate of drug-likeness (QED) is 0.223. The van der Waals surface area contributed by atoms with Crippen molar-refractivity contribution < 1.29 is 82.0 Å². The number of aromatic carboxylic acids is 1. The van der Waals surface area contributed by atoms with Crippen LogP contribution in [0.25, 0.3) is 5.65 Å². The zero-order valence-corrected chi connectivity index (χ0v) is 23.4. The molecule has 0 bridgehead atoms. The number of hydrogen-bond donors (Lipinski definition) is 1. The predicted octanol–water partition coefficient (Wildman–Crippen LogP) is -4.39. The molecule has 11 nitrogen and oxygen atoms in total. The zero-order chi connectivity index (χ0) is 22.4. The molecule has 0 unspecified atom stereocenters. The number of nitrogens with two attached hydrogens (primary N) is 1. The molecular weight excluding hydrogens is 458 g/mol. The van der Waals surface area contributed by atoms with Crippen molar-refractivity contribution in [2.45, 2.75) is 38.0 Å². The minimum Gasteiger partial charge on any atom is -0.744 e. The van der Waals surface area contributed by atoms with Gasteiger partial charge in [0, 0.05) is 22.7 Å². The van der Waals surface area contributed by atoms with E-state index in [4.69, 9.17) is 5.73 Å². The van der Waals surface area contributed by atoms with Crippen LogP contribution in [-0.2, 0) is 15.5 Å². The monoisotopic (exact) mass is 476 g/mol. The van der Waals surface area contributed by atoms with Crippen molar-refractivity contribution in [2.75, 3.05) is 5.73 Å². The Bertz CT molecular complexity index is 1320. The maximum Gasteiger partial charge on any atom is 1.00 e. The third kappa shape index (κ3) is 5.94. The molecule has 0 atom stereocenters. The van der Waals surface area contributed by atoms with Gasteiger partial charge in [-0.1, -0.05) is 20.8 Å². The van der Waals surface area contributed by atoms with E-state index in [0.717, 1.165) is 12.1 Å². The Morgan fingerprint density at radius 2 is 1.78 bits per heavy atom. The minimum absolute atomic E-state index is 0. The summed E-state index contributed by atoms with van der Waals surface area (Å²) in [7, 11) is -4.85. The predicted molar refractivity (Wildman–Crippen MR) is 104 cm³/mol. The summed E-state index contributed by atoms with van der Waals surface area (Å²) < 4.78 is 34.9. The Morgan fingerprint density at radius 3 is 2.31 bits per heavy atom. The molecule has 2 aromatic heterocycles. The van der Waals surface area contributed by atoms with Gasteiger partial charge in [-0.15, -0.1) is 10.2 Å². The molecule has 0 aliphatic rings. The van der Waals surface area contributed by atoms with Crippen LogP contribution in [0.3, 0.4) is 0 Å². The van der Waals surface area contributed by atoms with Crippen molar-refractivity contribution >= 4 is 38.9 Å². The summed E-state index contributed by atoms with van der Waals surface area (Å²) in [6.07, 6.45) is 0. The number of aryl methyl sites for hydroxylation is 1. The number of benzene rings is 1.